The Bertz CT molecular complexity index is 785. The van der Waals surface area contributed by atoms with Crippen LogP contribution in [0.15, 0.2) is 48.7 Å². The van der Waals surface area contributed by atoms with Gasteiger partial charge < -0.3 is 5.73 Å². The molecule has 0 bridgehead atoms. The molecule has 2 aromatic heterocycles. The summed E-state index contributed by atoms with van der Waals surface area (Å²) in [6, 6.07) is 15.3. The number of benzene rings is 1. The molecule has 2 heterocycles. The molecule has 4 heteroatoms. The van der Waals surface area contributed by atoms with Gasteiger partial charge in [-0.25, -0.2) is 4.98 Å². The number of hydrogen-bond donors (Lipinski definition) is 1. The number of nitrogens with zero attached hydrogens (tertiary/aromatic N) is 3. The monoisotopic (exact) mass is 246 g/mol. The molecule has 0 aliphatic heterocycles. The van der Waals surface area contributed by atoms with E-state index in [-0.39, 0.29) is 0 Å². The summed E-state index contributed by atoms with van der Waals surface area (Å²) in [5, 5.41) is 10.2. The van der Waals surface area contributed by atoms with E-state index >= 15 is 0 Å². The molecule has 4 nitrogen and oxygen atoms in total. The minimum atomic E-state index is 0.371. The Labute approximate surface area is 110 Å². The molecule has 0 aliphatic rings. The highest BCUT2D eigenvalue weighted by Gasteiger charge is 2.09. The second kappa shape index (κ2) is 4.39. The van der Waals surface area contributed by atoms with Crippen LogP contribution in [-0.2, 0) is 0 Å². The Balaban J connectivity index is 2.27. The summed E-state index contributed by atoms with van der Waals surface area (Å²) in [4.78, 5) is 8.61. The predicted octanol–water partition coefficient (Wildman–Crippen LogP) is 2.75. The summed E-state index contributed by atoms with van der Waals surface area (Å²) < 4.78 is 0. The van der Waals surface area contributed by atoms with Crippen molar-refractivity contribution in [2.75, 3.05) is 5.73 Å². The average molecular weight is 246 g/mol. The third-order valence-electron chi connectivity index (χ3n) is 2.89. The van der Waals surface area contributed by atoms with Crippen LogP contribution >= 0.6 is 0 Å². The zero-order valence-corrected chi connectivity index (χ0v) is 10.0. The van der Waals surface area contributed by atoms with Gasteiger partial charge in [0.1, 0.15) is 6.07 Å². The number of pyridine rings is 2. The summed E-state index contributed by atoms with van der Waals surface area (Å²) in [6.07, 6.45) is 1.58. The molecule has 3 rings (SSSR count). The lowest BCUT2D eigenvalue weighted by Gasteiger charge is -2.05. The summed E-state index contributed by atoms with van der Waals surface area (Å²) in [5.74, 6) is 0. The Morgan fingerprint density at radius 3 is 2.68 bits per heavy atom. The Kier molecular flexibility index (Phi) is 2.58. The van der Waals surface area contributed by atoms with Gasteiger partial charge in [-0.3, -0.25) is 4.98 Å². The highest BCUT2D eigenvalue weighted by Crippen LogP contribution is 2.25. The molecule has 0 amide bonds. The van der Waals surface area contributed by atoms with Crippen LogP contribution in [0.3, 0.4) is 0 Å². The van der Waals surface area contributed by atoms with Crippen molar-refractivity contribution >= 4 is 16.6 Å². The number of rotatable bonds is 1. The van der Waals surface area contributed by atoms with Crippen LogP contribution in [0.4, 0.5) is 5.69 Å². The van der Waals surface area contributed by atoms with Crippen molar-refractivity contribution in [3.8, 4) is 17.3 Å². The maximum atomic E-state index is 9.23. The Morgan fingerprint density at radius 1 is 1.11 bits per heavy atom. The summed E-state index contributed by atoms with van der Waals surface area (Å²) >= 11 is 0. The normalized spacial score (nSPS) is 10.3. The standard InChI is InChI=1S/C15H10N4/c16-8-15-12(14-6-5-11(17)9-18-14)7-10-3-1-2-4-13(10)19-15/h1-7,9H,17H2. The van der Waals surface area contributed by atoms with Crippen molar-refractivity contribution in [2.24, 2.45) is 0 Å². The number of fused-ring (bicyclic) bond motifs is 1. The molecule has 0 unspecified atom stereocenters. The molecule has 1 aromatic carbocycles. The van der Waals surface area contributed by atoms with Crippen LogP contribution in [0.25, 0.3) is 22.2 Å². The van der Waals surface area contributed by atoms with E-state index in [4.69, 9.17) is 5.73 Å². The van der Waals surface area contributed by atoms with Crippen molar-refractivity contribution in [3.05, 3.63) is 54.4 Å². The van der Waals surface area contributed by atoms with Crippen LogP contribution in [0.1, 0.15) is 5.69 Å². The smallest absolute Gasteiger partial charge is 0.150 e. The van der Waals surface area contributed by atoms with Gasteiger partial charge in [-0.15, -0.1) is 0 Å². The molecular weight excluding hydrogens is 236 g/mol. The van der Waals surface area contributed by atoms with Crippen LogP contribution < -0.4 is 5.73 Å². The zero-order valence-electron chi connectivity index (χ0n) is 10.0. The van der Waals surface area contributed by atoms with Crippen molar-refractivity contribution < 1.29 is 0 Å². The van der Waals surface area contributed by atoms with Crippen LogP contribution in [0.5, 0.6) is 0 Å². The van der Waals surface area contributed by atoms with E-state index < -0.39 is 0 Å². The number of hydrogen-bond acceptors (Lipinski definition) is 4. The van der Waals surface area contributed by atoms with Crippen LogP contribution in [0, 0.1) is 11.3 Å². The van der Waals surface area contributed by atoms with Gasteiger partial charge >= 0.3 is 0 Å². The van der Waals surface area contributed by atoms with Crippen molar-refractivity contribution in [1.82, 2.24) is 9.97 Å². The SMILES string of the molecule is N#Cc1nc2ccccc2cc1-c1ccc(N)cn1. The van der Waals surface area contributed by atoms with Crippen LogP contribution in [0.2, 0.25) is 0 Å². The summed E-state index contributed by atoms with van der Waals surface area (Å²) in [7, 11) is 0. The number of aromatic nitrogens is 2. The highest BCUT2D eigenvalue weighted by molar-refractivity contribution is 5.85. The van der Waals surface area contributed by atoms with E-state index in [1.807, 2.05) is 30.3 Å². The van der Waals surface area contributed by atoms with E-state index in [1.165, 1.54) is 0 Å². The first-order valence-corrected chi connectivity index (χ1v) is 5.80. The number of nitrogens with two attached hydrogens (primary N) is 1. The fourth-order valence-corrected chi connectivity index (χ4v) is 1.96. The zero-order chi connectivity index (χ0) is 13.2. The first-order chi connectivity index (χ1) is 9.28. The minimum Gasteiger partial charge on any atom is -0.397 e. The van der Waals surface area contributed by atoms with Crippen molar-refractivity contribution in [2.45, 2.75) is 0 Å². The maximum Gasteiger partial charge on any atom is 0.150 e. The fraction of sp³-hybridized carbons (Fsp3) is 0. The molecule has 0 atom stereocenters. The number of anilines is 1. The molecule has 0 radical (unpaired) electrons. The third kappa shape index (κ3) is 1.98. The quantitative estimate of drug-likeness (QED) is 0.716. The predicted molar refractivity (Wildman–Crippen MR) is 74.1 cm³/mol. The molecule has 0 spiro atoms. The second-order valence-corrected chi connectivity index (χ2v) is 4.17. The third-order valence-corrected chi connectivity index (χ3v) is 2.89. The van der Waals surface area contributed by atoms with E-state index in [2.05, 4.69) is 16.0 Å². The molecular formula is C15H10N4. The lowest BCUT2D eigenvalue weighted by Crippen LogP contribution is -1.94. The van der Waals surface area contributed by atoms with Gasteiger partial charge in [0.15, 0.2) is 5.69 Å². The fourth-order valence-electron chi connectivity index (χ4n) is 1.96. The maximum absolute atomic E-state index is 9.23. The lowest BCUT2D eigenvalue weighted by molar-refractivity contribution is 1.28. The van der Waals surface area contributed by atoms with Crippen molar-refractivity contribution in [3.63, 3.8) is 0 Å². The van der Waals surface area contributed by atoms with Gasteiger partial charge in [-0.2, -0.15) is 5.26 Å². The number of nitriles is 1. The largest absolute Gasteiger partial charge is 0.397 e. The van der Waals surface area contributed by atoms with Gasteiger partial charge in [0, 0.05) is 10.9 Å². The molecule has 0 saturated carbocycles. The molecule has 3 aromatic rings. The van der Waals surface area contributed by atoms with Crippen LogP contribution in [-0.4, -0.2) is 9.97 Å². The van der Waals surface area contributed by atoms with Crippen molar-refractivity contribution in [1.29, 1.82) is 5.26 Å². The highest BCUT2D eigenvalue weighted by atomic mass is 14.7. The molecule has 0 fully saturated rings. The van der Waals surface area contributed by atoms with Gasteiger partial charge in [0.05, 0.1) is 23.1 Å². The molecule has 0 saturated heterocycles. The minimum absolute atomic E-state index is 0.371. The topological polar surface area (TPSA) is 75.6 Å². The average Bonchev–Trinajstić information content (AvgIpc) is 2.46. The first kappa shape index (κ1) is 11.2. The van der Waals surface area contributed by atoms with E-state index in [0.717, 1.165) is 16.5 Å². The van der Waals surface area contributed by atoms with Gasteiger partial charge in [-0.05, 0) is 24.3 Å². The summed E-state index contributed by atoms with van der Waals surface area (Å²) in [6.45, 7) is 0. The lowest BCUT2D eigenvalue weighted by atomic mass is 10.1. The van der Waals surface area contributed by atoms with Gasteiger partial charge in [0.25, 0.3) is 0 Å². The van der Waals surface area contributed by atoms with E-state index in [9.17, 15) is 5.26 Å². The molecule has 19 heavy (non-hydrogen) atoms. The van der Waals surface area contributed by atoms with E-state index in [0.29, 0.717) is 17.1 Å². The Morgan fingerprint density at radius 2 is 1.95 bits per heavy atom. The van der Waals surface area contributed by atoms with Gasteiger partial charge in [-0.1, -0.05) is 18.2 Å². The Hall–Kier alpha value is -2.93. The first-order valence-electron chi connectivity index (χ1n) is 5.80. The molecule has 90 valence electrons. The number of nitrogen functional groups attached to an aromatic ring is 1. The molecule has 2 N–H and O–H groups in total. The number of para-hydroxylation sites is 1. The van der Waals surface area contributed by atoms with Gasteiger partial charge in [0.2, 0.25) is 0 Å². The van der Waals surface area contributed by atoms with E-state index in [1.54, 1.807) is 18.3 Å². The summed E-state index contributed by atoms with van der Waals surface area (Å²) in [5.41, 5.74) is 8.81. The molecule has 0 aliphatic carbocycles. The second-order valence-electron chi connectivity index (χ2n) is 4.17.